The van der Waals surface area contributed by atoms with Crippen LogP contribution in [-0.4, -0.2) is 93.9 Å². The summed E-state index contributed by atoms with van der Waals surface area (Å²) in [5, 5.41) is 15.0. The number of nitrogens with one attached hydrogen (secondary N) is 2. The van der Waals surface area contributed by atoms with Crippen LogP contribution in [-0.2, 0) is 4.74 Å². The quantitative estimate of drug-likeness (QED) is 0.0797. The van der Waals surface area contributed by atoms with Crippen molar-refractivity contribution >= 4 is 58.2 Å². The highest BCUT2D eigenvalue weighted by Crippen LogP contribution is 2.35. The van der Waals surface area contributed by atoms with Gasteiger partial charge in [-0.05, 0) is 87.4 Å². The van der Waals surface area contributed by atoms with E-state index in [9.17, 15) is 9.59 Å². The molecule has 2 fully saturated rings. The highest BCUT2D eigenvalue weighted by molar-refractivity contribution is 6.36. The van der Waals surface area contributed by atoms with E-state index in [-0.39, 0.29) is 11.8 Å². The number of halogens is 4. The van der Waals surface area contributed by atoms with Crippen molar-refractivity contribution in [1.29, 1.82) is 0 Å². The highest BCUT2D eigenvalue weighted by atomic mass is 35.5. The molecule has 0 unspecified atom stereocenters. The standard InChI is InChI=1S/C27H25Cl2N5O.C26H23Cl2N5O2/c1-19-25(27(35)32-33-16-6-3-7-17-33)31-34(24-14-13-22(28)18-23(24)29)26(19)21-11-9-20(10-12-21)8-4-5-15-30-2;1-18-24(26(34)31-32-13-15-35-16-14-32)30-33(23-11-10-21(27)17-22(23)28)25(18)20-8-6-19(7-9-20)5-3-4-12-29-2/h9-14,18H,3,5-7,15-17H2,1H3,(H,32,35);6-11,17H,4,12-16H2,1H3,(H,31,34). The largest absolute Gasteiger partial charge is 0.379 e. The molecule has 17 heteroatoms. The number of hydrogen-bond donors (Lipinski definition) is 2. The van der Waals surface area contributed by atoms with Crippen molar-refractivity contribution in [2.45, 2.75) is 46.0 Å². The second-order valence-electron chi connectivity index (χ2n) is 16.2. The number of rotatable bonds is 10. The zero-order valence-corrected chi connectivity index (χ0v) is 41.6. The lowest BCUT2D eigenvalue weighted by atomic mass is 10.0. The summed E-state index contributed by atoms with van der Waals surface area (Å²) >= 11 is 25.3. The Balaban J connectivity index is 0.000000206. The van der Waals surface area contributed by atoms with Gasteiger partial charge in [-0.1, -0.05) is 101 Å². The fraction of sp³-hybridized carbons (Fsp3) is 0.283. The molecule has 2 aliphatic rings. The third-order valence-corrected chi connectivity index (χ3v) is 12.4. The Bertz CT molecular complexity index is 2860. The first-order chi connectivity index (χ1) is 33.9. The minimum atomic E-state index is -0.295. The first-order valence-corrected chi connectivity index (χ1v) is 24.1. The summed E-state index contributed by atoms with van der Waals surface area (Å²) in [6.45, 7) is 22.3. The van der Waals surface area contributed by atoms with E-state index in [1.165, 1.54) is 6.42 Å². The fourth-order valence-corrected chi connectivity index (χ4v) is 8.78. The number of morpholine rings is 1. The molecule has 2 aliphatic heterocycles. The molecule has 0 saturated carbocycles. The van der Waals surface area contributed by atoms with Gasteiger partial charge in [-0.25, -0.2) is 32.5 Å². The first kappa shape index (κ1) is 51.2. The van der Waals surface area contributed by atoms with E-state index in [1.54, 1.807) is 45.8 Å². The molecule has 4 heterocycles. The third-order valence-electron chi connectivity index (χ3n) is 11.3. The zero-order valence-electron chi connectivity index (χ0n) is 38.6. The minimum absolute atomic E-state index is 0.239. The third kappa shape index (κ3) is 13.0. The minimum Gasteiger partial charge on any atom is -0.379 e. The number of carbonyl (C=O) groups is 2. The van der Waals surface area contributed by atoms with Crippen molar-refractivity contribution in [1.82, 2.24) is 40.4 Å². The Hall–Kier alpha value is -6.62. The van der Waals surface area contributed by atoms with Crippen LogP contribution < -0.4 is 10.9 Å². The molecular weight excluding hydrogens is 966 g/mol. The lowest BCUT2D eigenvalue weighted by Crippen LogP contribution is -2.48. The maximum absolute atomic E-state index is 13.2. The summed E-state index contributed by atoms with van der Waals surface area (Å²) in [6.07, 6.45) is 4.38. The van der Waals surface area contributed by atoms with E-state index in [0.717, 1.165) is 70.7 Å². The van der Waals surface area contributed by atoms with Gasteiger partial charge < -0.3 is 14.4 Å². The summed E-state index contributed by atoms with van der Waals surface area (Å²) in [4.78, 5) is 33.0. The highest BCUT2D eigenvalue weighted by Gasteiger charge is 2.27. The number of hydrazine groups is 2. The zero-order chi connectivity index (χ0) is 49.6. The molecular formula is C53H48Cl4N10O3. The first-order valence-electron chi connectivity index (χ1n) is 22.6. The van der Waals surface area contributed by atoms with E-state index in [1.807, 2.05) is 72.4 Å². The van der Waals surface area contributed by atoms with Gasteiger partial charge in [0.2, 0.25) is 13.1 Å². The summed E-state index contributed by atoms with van der Waals surface area (Å²) < 4.78 is 8.74. The van der Waals surface area contributed by atoms with Gasteiger partial charge in [0.1, 0.15) is 0 Å². The van der Waals surface area contributed by atoms with Gasteiger partial charge in [0.05, 0.1) is 58.9 Å². The van der Waals surface area contributed by atoms with Crippen LogP contribution in [0.25, 0.3) is 43.6 Å². The maximum Gasteiger partial charge on any atom is 0.286 e. The molecule has 6 aromatic rings. The van der Waals surface area contributed by atoms with Gasteiger partial charge >= 0.3 is 0 Å². The van der Waals surface area contributed by atoms with Crippen molar-refractivity contribution in [2.24, 2.45) is 0 Å². The van der Waals surface area contributed by atoms with E-state index >= 15 is 0 Å². The summed E-state index contributed by atoms with van der Waals surface area (Å²) in [5.41, 5.74) is 14.3. The van der Waals surface area contributed by atoms with Gasteiger partial charge in [0.25, 0.3) is 11.8 Å². The van der Waals surface area contributed by atoms with Crippen molar-refractivity contribution in [2.75, 3.05) is 52.5 Å². The maximum atomic E-state index is 13.2. The molecule has 4 aromatic carbocycles. The summed E-state index contributed by atoms with van der Waals surface area (Å²) in [6, 6.07) is 25.8. The van der Waals surface area contributed by atoms with Gasteiger partial charge in [0, 0.05) is 69.6 Å². The average molecular weight is 1010 g/mol. The van der Waals surface area contributed by atoms with E-state index < -0.39 is 0 Å². The molecule has 0 bridgehead atoms. The number of piperidine rings is 1. The second kappa shape index (κ2) is 24.8. The number of carbonyl (C=O) groups excluding carboxylic acids is 2. The topological polar surface area (TPSA) is 118 Å². The van der Waals surface area contributed by atoms with Crippen molar-refractivity contribution in [3.8, 4) is 57.6 Å². The Labute approximate surface area is 428 Å². The van der Waals surface area contributed by atoms with Crippen LogP contribution in [0.5, 0.6) is 0 Å². The van der Waals surface area contributed by atoms with Crippen LogP contribution in [0.1, 0.15) is 75.3 Å². The predicted molar refractivity (Wildman–Crippen MR) is 276 cm³/mol. The normalized spacial score (nSPS) is 13.5. The second-order valence-corrected chi connectivity index (χ2v) is 17.9. The van der Waals surface area contributed by atoms with Crippen LogP contribution in [0.3, 0.4) is 0 Å². The molecule has 70 heavy (non-hydrogen) atoms. The Morgan fingerprint density at radius 2 is 1.03 bits per heavy atom. The lowest BCUT2D eigenvalue weighted by molar-refractivity contribution is 0.0124. The number of benzene rings is 4. The summed E-state index contributed by atoms with van der Waals surface area (Å²) in [5.74, 6) is 11.6. The molecule has 8 rings (SSSR count). The van der Waals surface area contributed by atoms with Crippen molar-refractivity contribution < 1.29 is 14.3 Å². The lowest BCUT2D eigenvalue weighted by Gasteiger charge is -2.26. The Morgan fingerprint density at radius 3 is 1.43 bits per heavy atom. The van der Waals surface area contributed by atoms with Crippen LogP contribution in [0, 0.1) is 50.7 Å². The Morgan fingerprint density at radius 1 is 0.614 bits per heavy atom. The van der Waals surface area contributed by atoms with Crippen LogP contribution in [0.15, 0.2) is 84.9 Å². The Kier molecular flexibility index (Phi) is 18.1. The number of amides is 2. The molecule has 13 nitrogen and oxygen atoms in total. The molecule has 0 aliphatic carbocycles. The molecule has 0 spiro atoms. The molecule has 2 N–H and O–H groups in total. The SMILES string of the molecule is [C-]#[N+]CCC#Cc1ccc(-c2c(C)c(C(=O)NN3CCCCC3)nn2-c2ccc(Cl)cc2Cl)cc1.[C-]#[N+]CCC#Cc1ccc(-c2c(C)c(C(=O)NN3CCOCC3)nn2-c2ccc(Cl)cc2Cl)cc1. The average Bonchev–Trinajstić information content (AvgIpc) is 3.89. The number of hydrogen-bond acceptors (Lipinski definition) is 7. The molecule has 2 amide bonds. The molecule has 2 aromatic heterocycles. The van der Waals surface area contributed by atoms with E-state index in [0.29, 0.717) is 95.1 Å². The van der Waals surface area contributed by atoms with Gasteiger partial charge in [0.15, 0.2) is 11.4 Å². The van der Waals surface area contributed by atoms with Crippen LogP contribution >= 0.6 is 46.4 Å². The van der Waals surface area contributed by atoms with Crippen LogP contribution in [0.4, 0.5) is 0 Å². The molecule has 0 atom stereocenters. The van der Waals surface area contributed by atoms with Crippen molar-refractivity contribution in [3.63, 3.8) is 0 Å². The van der Waals surface area contributed by atoms with Gasteiger partial charge in [-0.15, -0.1) is 0 Å². The van der Waals surface area contributed by atoms with Crippen molar-refractivity contribution in [3.05, 3.63) is 161 Å². The number of nitrogens with zero attached hydrogens (tertiary/aromatic N) is 8. The van der Waals surface area contributed by atoms with Gasteiger partial charge in [-0.2, -0.15) is 10.2 Å². The smallest absolute Gasteiger partial charge is 0.286 e. The van der Waals surface area contributed by atoms with E-state index in [2.05, 4.69) is 49.3 Å². The molecule has 356 valence electrons. The monoisotopic (exact) mass is 1010 g/mol. The number of aromatic nitrogens is 4. The fourth-order valence-electron chi connectivity index (χ4n) is 7.81. The molecule has 2 saturated heterocycles. The molecule has 0 radical (unpaired) electrons. The number of ether oxygens (including phenoxy) is 1. The summed E-state index contributed by atoms with van der Waals surface area (Å²) in [7, 11) is 0. The van der Waals surface area contributed by atoms with Crippen LogP contribution in [0.2, 0.25) is 20.1 Å². The van der Waals surface area contributed by atoms with E-state index in [4.69, 9.17) is 69.4 Å². The predicted octanol–water partition coefficient (Wildman–Crippen LogP) is 10.7. The van der Waals surface area contributed by atoms with Gasteiger partial charge in [-0.3, -0.25) is 20.4 Å².